The van der Waals surface area contributed by atoms with Crippen LogP contribution in [0, 0.1) is 5.41 Å². The van der Waals surface area contributed by atoms with Crippen LogP contribution in [0.25, 0.3) is 0 Å². The minimum Gasteiger partial charge on any atom is -0.455 e. The van der Waals surface area contributed by atoms with Gasteiger partial charge in [0, 0.05) is 5.56 Å². The van der Waals surface area contributed by atoms with Crippen molar-refractivity contribution in [2.75, 3.05) is 0 Å². The lowest BCUT2D eigenvalue weighted by Crippen LogP contribution is -2.70. The summed E-state index contributed by atoms with van der Waals surface area (Å²) in [4.78, 5) is 23.2. The summed E-state index contributed by atoms with van der Waals surface area (Å²) in [5.41, 5.74) is -14.4. The van der Waals surface area contributed by atoms with Gasteiger partial charge in [-0.05, 0) is 64.2 Å². The van der Waals surface area contributed by atoms with Crippen LogP contribution < -0.4 is 4.72 Å². The molecule has 1 rings (SSSR count). The Morgan fingerprint density at radius 2 is 1.29 bits per heavy atom. The Balaban J connectivity index is 0.000000781. The Bertz CT molecular complexity index is 1140. The number of sulfonamides is 1. The molecule has 0 saturated heterocycles. The number of halogens is 9. The number of rotatable bonds is 8. The third kappa shape index (κ3) is 8.96. The van der Waals surface area contributed by atoms with E-state index in [2.05, 4.69) is 4.74 Å². The third-order valence-electron chi connectivity index (χ3n) is 6.36. The van der Waals surface area contributed by atoms with E-state index in [1.54, 1.807) is 12.1 Å². The van der Waals surface area contributed by atoms with Gasteiger partial charge in [-0.1, -0.05) is 32.9 Å². The Kier molecular flexibility index (Phi) is 12.0. The molecular formula is C24H32F9NO6S. The van der Waals surface area contributed by atoms with Gasteiger partial charge in [0.25, 0.3) is 11.5 Å². The number of nitrogens with one attached hydrogen (secondary N) is 1. The van der Waals surface area contributed by atoms with E-state index < -0.39 is 56.4 Å². The van der Waals surface area contributed by atoms with Crippen LogP contribution in [0.2, 0.25) is 0 Å². The molecule has 1 aromatic carbocycles. The van der Waals surface area contributed by atoms with Crippen LogP contribution in [0.4, 0.5) is 39.5 Å². The Hall–Kier alpha value is -2.56. The van der Waals surface area contributed by atoms with Crippen LogP contribution in [0.15, 0.2) is 24.3 Å². The molecule has 17 heteroatoms. The van der Waals surface area contributed by atoms with Gasteiger partial charge in [-0.15, -0.1) is 0 Å². The predicted octanol–water partition coefficient (Wildman–Crippen LogP) is 6.38. The van der Waals surface area contributed by atoms with Gasteiger partial charge in [-0.2, -0.15) is 47.9 Å². The summed E-state index contributed by atoms with van der Waals surface area (Å²) in [6.45, 7) is 8.82. The fourth-order valence-electron chi connectivity index (χ4n) is 2.87. The number of esters is 1. The number of ether oxygens (including phenoxy) is 1. The molecule has 1 atom stereocenters. The summed E-state index contributed by atoms with van der Waals surface area (Å²) in [7, 11) is -5.68. The van der Waals surface area contributed by atoms with E-state index >= 15 is 0 Å². The molecule has 0 saturated carbocycles. The maximum Gasteiger partial charge on any atom is 0.516 e. The smallest absolute Gasteiger partial charge is 0.455 e. The number of carbonyl (C=O) groups excluding carboxylic acids is 2. The summed E-state index contributed by atoms with van der Waals surface area (Å²) in [6, 6.07) is 5.76. The quantitative estimate of drug-likeness (QED) is 0.254. The number of hydrogen-bond acceptors (Lipinski definition) is 6. The number of hydrogen-bond donors (Lipinski definition) is 2. The van der Waals surface area contributed by atoms with Crippen LogP contribution in [0.5, 0.6) is 0 Å². The Morgan fingerprint density at radius 3 is 1.61 bits per heavy atom. The van der Waals surface area contributed by atoms with Crippen molar-refractivity contribution in [1.82, 2.24) is 4.72 Å². The van der Waals surface area contributed by atoms with Gasteiger partial charge in [0.05, 0.1) is 5.41 Å². The number of aliphatic hydroxyl groups is 1. The van der Waals surface area contributed by atoms with Crippen molar-refractivity contribution in [3.05, 3.63) is 35.4 Å². The molecule has 1 unspecified atom stereocenters. The average Bonchev–Trinajstić information content (AvgIpc) is 2.80. The standard InChI is InChI=1S/C12H18F6O3.C12H14F3NO3S/c1-6-8(2,3)7(19)21-9(4,5)10(20,11(13,14)15)12(16,17)18;1-3-8(2)9-4-6-10(7-5-9)11(17)16-20(18,19)12(13,14)15/h20H,6H2,1-5H3;4-8H,3H2,1-2H3,(H,16,17). The second-order valence-electron chi connectivity index (χ2n) is 10.2. The van der Waals surface area contributed by atoms with E-state index in [-0.39, 0.29) is 17.9 Å². The molecule has 0 spiro atoms. The van der Waals surface area contributed by atoms with Crippen molar-refractivity contribution >= 4 is 21.9 Å². The minimum atomic E-state index is -6.06. The molecule has 1 aromatic rings. The highest BCUT2D eigenvalue weighted by Gasteiger charge is 2.78. The Morgan fingerprint density at radius 1 is 0.878 bits per heavy atom. The van der Waals surface area contributed by atoms with E-state index in [1.165, 1.54) is 32.9 Å². The summed E-state index contributed by atoms with van der Waals surface area (Å²) in [5, 5.41) is 9.27. The lowest BCUT2D eigenvalue weighted by atomic mass is 9.83. The first kappa shape index (κ1) is 38.4. The summed E-state index contributed by atoms with van der Waals surface area (Å²) >= 11 is 0. The van der Waals surface area contributed by atoms with Crippen molar-refractivity contribution < 1.29 is 67.4 Å². The largest absolute Gasteiger partial charge is 0.516 e. The van der Waals surface area contributed by atoms with Crippen LogP contribution in [0.1, 0.15) is 83.1 Å². The topological polar surface area (TPSA) is 110 Å². The monoisotopic (exact) mass is 633 g/mol. The molecule has 0 aromatic heterocycles. The molecular weight excluding hydrogens is 601 g/mol. The number of alkyl halides is 9. The van der Waals surface area contributed by atoms with Crippen LogP contribution >= 0.6 is 0 Å². The molecule has 1 amide bonds. The van der Waals surface area contributed by atoms with Gasteiger partial charge < -0.3 is 9.84 Å². The highest BCUT2D eigenvalue weighted by Crippen LogP contribution is 2.51. The first-order chi connectivity index (χ1) is 18.0. The zero-order valence-electron chi connectivity index (χ0n) is 23.1. The van der Waals surface area contributed by atoms with Crippen molar-refractivity contribution in [3.63, 3.8) is 0 Å². The molecule has 0 bridgehead atoms. The zero-order chi connectivity index (χ0) is 33.0. The van der Waals surface area contributed by atoms with Gasteiger partial charge in [-0.25, -0.2) is 4.72 Å². The van der Waals surface area contributed by atoms with Crippen molar-refractivity contribution in [2.24, 2.45) is 5.41 Å². The molecule has 0 fully saturated rings. The molecule has 238 valence electrons. The van der Waals surface area contributed by atoms with Gasteiger partial charge in [0.15, 0.2) is 5.60 Å². The molecule has 2 N–H and O–H groups in total. The first-order valence-corrected chi connectivity index (χ1v) is 13.3. The van der Waals surface area contributed by atoms with E-state index in [0.29, 0.717) is 13.8 Å². The van der Waals surface area contributed by atoms with Crippen LogP contribution in [-0.2, 0) is 19.6 Å². The van der Waals surface area contributed by atoms with Gasteiger partial charge >= 0.3 is 33.9 Å². The van der Waals surface area contributed by atoms with Crippen LogP contribution in [0.3, 0.4) is 0 Å². The normalized spacial score (nSPS) is 14.5. The molecule has 0 aliphatic rings. The maximum absolute atomic E-state index is 12.8. The highest BCUT2D eigenvalue weighted by molar-refractivity contribution is 7.90. The first-order valence-electron chi connectivity index (χ1n) is 11.8. The number of amides is 1. The molecule has 0 aliphatic carbocycles. The minimum absolute atomic E-state index is 0.137. The van der Waals surface area contributed by atoms with Crippen molar-refractivity contribution in [2.45, 2.75) is 96.3 Å². The molecule has 0 heterocycles. The molecule has 41 heavy (non-hydrogen) atoms. The third-order valence-corrected chi connectivity index (χ3v) is 7.43. The molecule has 0 radical (unpaired) electrons. The lowest BCUT2D eigenvalue weighted by molar-refractivity contribution is -0.408. The summed E-state index contributed by atoms with van der Waals surface area (Å²) < 4.78 is 140. The van der Waals surface area contributed by atoms with E-state index in [0.717, 1.165) is 16.7 Å². The SMILES string of the molecule is CCC(C)(C)C(=O)OC(C)(C)C(O)(C(F)(F)F)C(F)(F)F.CCC(C)c1ccc(C(=O)NS(=O)(=O)C(F)(F)F)cc1. The summed E-state index contributed by atoms with van der Waals surface area (Å²) in [6.07, 6.45) is -11.1. The zero-order valence-corrected chi connectivity index (χ0v) is 23.9. The highest BCUT2D eigenvalue weighted by atomic mass is 32.2. The molecule has 0 aliphatic heterocycles. The second kappa shape index (κ2) is 12.8. The number of benzene rings is 1. The van der Waals surface area contributed by atoms with E-state index in [4.69, 9.17) is 0 Å². The van der Waals surface area contributed by atoms with Crippen LogP contribution in [-0.4, -0.2) is 54.5 Å². The van der Waals surface area contributed by atoms with Crippen molar-refractivity contribution in [3.8, 4) is 0 Å². The molecule has 7 nitrogen and oxygen atoms in total. The fraction of sp³-hybridized carbons (Fsp3) is 0.667. The van der Waals surface area contributed by atoms with E-state index in [9.17, 15) is 62.6 Å². The average molecular weight is 634 g/mol. The van der Waals surface area contributed by atoms with Gasteiger partial charge in [-0.3, -0.25) is 9.59 Å². The van der Waals surface area contributed by atoms with Crippen molar-refractivity contribution in [1.29, 1.82) is 0 Å². The van der Waals surface area contributed by atoms with E-state index in [1.807, 2.05) is 13.8 Å². The Labute approximate surface area is 231 Å². The number of carbonyl (C=O) groups is 2. The fourth-order valence-corrected chi connectivity index (χ4v) is 3.35. The lowest BCUT2D eigenvalue weighted by Gasteiger charge is -2.44. The predicted molar refractivity (Wildman–Crippen MR) is 129 cm³/mol. The summed E-state index contributed by atoms with van der Waals surface area (Å²) in [5.74, 6) is -2.33. The second-order valence-corrected chi connectivity index (χ2v) is 11.8. The van der Waals surface area contributed by atoms with Gasteiger partial charge in [0.2, 0.25) is 0 Å². The maximum atomic E-state index is 12.8. The van der Waals surface area contributed by atoms with Gasteiger partial charge in [0.1, 0.15) is 0 Å².